The fraction of sp³-hybridized carbons (Fsp3) is 0.231. The molecule has 0 unspecified atom stereocenters. The quantitative estimate of drug-likeness (QED) is 0.277. The number of nitro groups is 1. The molecule has 2 bridgehead atoms. The number of halogens is 1. The number of benzene rings is 3. The molecule has 2 atom stereocenters. The van der Waals surface area contributed by atoms with E-state index in [9.17, 15) is 19.7 Å². The Morgan fingerprint density at radius 1 is 0.818 bits per heavy atom. The number of nitrogens with zero attached hydrogens (tertiary/aromatic N) is 2. The van der Waals surface area contributed by atoms with E-state index in [4.69, 9.17) is 0 Å². The third-order valence-corrected chi connectivity index (χ3v) is 8.51. The Labute approximate surface area is 198 Å². The maximum absolute atomic E-state index is 14.0. The minimum absolute atomic E-state index is 0.0207. The minimum atomic E-state index is -0.721. The van der Waals surface area contributed by atoms with Crippen LogP contribution in [0, 0.1) is 22.0 Å². The van der Waals surface area contributed by atoms with Crippen LogP contribution in [0.3, 0.4) is 0 Å². The molecule has 0 spiro atoms. The maximum Gasteiger partial charge on any atom is 0.294 e. The number of nitro benzene ring substituents is 1. The second-order valence-corrected chi connectivity index (χ2v) is 10.3. The van der Waals surface area contributed by atoms with Gasteiger partial charge in [0.15, 0.2) is 0 Å². The second-order valence-electron chi connectivity index (χ2n) is 9.35. The molecule has 2 amide bonds. The molecule has 33 heavy (non-hydrogen) atoms. The van der Waals surface area contributed by atoms with Gasteiger partial charge in [-0.05, 0) is 34.4 Å². The van der Waals surface area contributed by atoms with E-state index in [1.807, 2.05) is 62.4 Å². The summed E-state index contributed by atoms with van der Waals surface area (Å²) in [6.07, 6.45) is 0. The van der Waals surface area contributed by atoms with E-state index in [0.717, 1.165) is 27.2 Å². The monoisotopic (exact) mass is 502 g/mol. The van der Waals surface area contributed by atoms with Crippen molar-refractivity contribution < 1.29 is 14.5 Å². The van der Waals surface area contributed by atoms with Crippen molar-refractivity contribution in [1.29, 1.82) is 0 Å². The summed E-state index contributed by atoms with van der Waals surface area (Å²) in [5.74, 6) is -2.06. The molecular formula is C26H19BrN2O4. The molecule has 1 saturated heterocycles. The van der Waals surface area contributed by atoms with Gasteiger partial charge in [0.25, 0.3) is 5.69 Å². The van der Waals surface area contributed by atoms with Crippen LogP contribution in [0.4, 0.5) is 11.4 Å². The van der Waals surface area contributed by atoms with Crippen molar-refractivity contribution in [1.82, 2.24) is 0 Å². The van der Waals surface area contributed by atoms with Crippen LogP contribution in [0.15, 0.2) is 71.2 Å². The highest BCUT2D eigenvalue weighted by molar-refractivity contribution is 9.10. The SMILES string of the molecule is CC12c3ccccc3C(C)(c3ccccc31)[C@@H]1C(=O)N(c3ccc(Br)cc3[N+](=O)[O-])C(=O)[C@H]12. The third kappa shape index (κ3) is 2.23. The van der Waals surface area contributed by atoms with Gasteiger partial charge >= 0.3 is 0 Å². The molecule has 3 aromatic carbocycles. The Balaban J connectivity index is 1.65. The highest BCUT2D eigenvalue weighted by Crippen LogP contribution is 2.66. The van der Waals surface area contributed by atoms with E-state index >= 15 is 0 Å². The number of amides is 2. The average molecular weight is 503 g/mol. The van der Waals surface area contributed by atoms with Crippen molar-refractivity contribution in [2.75, 3.05) is 4.90 Å². The average Bonchev–Trinajstić information content (AvgIpc) is 3.08. The summed E-state index contributed by atoms with van der Waals surface area (Å²) in [5.41, 5.74) is 2.47. The fourth-order valence-corrected chi connectivity index (χ4v) is 6.99. The first-order valence-electron chi connectivity index (χ1n) is 10.7. The molecule has 7 heteroatoms. The Kier molecular flexibility index (Phi) is 3.93. The van der Waals surface area contributed by atoms with Gasteiger partial charge in [0.05, 0.1) is 16.8 Å². The second kappa shape index (κ2) is 6.38. The fourth-order valence-electron chi connectivity index (χ4n) is 6.64. The molecule has 7 rings (SSSR count). The Morgan fingerprint density at radius 2 is 1.24 bits per heavy atom. The van der Waals surface area contributed by atoms with Gasteiger partial charge in [0, 0.05) is 21.4 Å². The van der Waals surface area contributed by atoms with Crippen molar-refractivity contribution >= 4 is 39.1 Å². The lowest BCUT2D eigenvalue weighted by Gasteiger charge is -2.57. The molecule has 1 aliphatic heterocycles. The lowest BCUT2D eigenvalue weighted by atomic mass is 9.42. The highest BCUT2D eigenvalue weighted by Gasteiger charge is 2.71. The third-order valence-electron chi connectivity index (χ3n) is 8.02. The first kappa shape index (κ1) is 20.3. The van der Waals surface area contributed by atoms with Crippen LogP contribution in [0.2, 0.25) is 0 Å². The molecule has 0 aromatic heterocycles. The molecule has 164 valence electrons. The summed E-state index contributed by atoms with van der Waals surface area (Å²) >= 11 is 3.26. The number of rotatable bonds is 2. The number of imide groups is 1. The summed E-state index contributed by atoms with van der Waals surface area (Å²) < 4.78 is 0.508. The number of hydrogen-bond donors (Lipinski definition) is 0. The molecule has 6 nitrogen and oxygen atoms in total. The van der Waals surface area contributed by atoms with Crippen LogP contribution < -0.4 is 4.90 Å². The molecule has 0 N–H and O–H groups in total. The predicted octanol–water partition coefficient (Wildman–Crippen LogP) is 5.10. The zero-order chi connectivity index (χ0) is 23.3. The standard InChI is InChI=1S/C26H19BrN2O4/c1-25-15-7-3-5-9-17(15)26(2,18-10-6-4-8-16(18)25)22-21(25)23(30)28(24(22)31)19-12-11-14(27)13-20(19)29(32)33/h3-13,21-22H,1-2H3/t21-,22-,25?,26?/m0/s1. The van der Waals surface area contributed by atoms with Crippen LogP contribution in [0.5, 0.6) is 0 Å². The van der Waals surface area contributed by atoms with Gasteiger partial charge in [-0.2, -0.15) is 0 Å². The van der Waals surface area contributed by atoms with Crippen LogP contribution in [0.25, 0.3) is 0 Å². The van der Waals surface area contributed by atoms with Gasteiger partial charge in [-0.3, -0.25) is 19.7 Å². The van der Waals surface area contributed by atoms with Gasteiger partial charge in [0.1, 0.15) is 5.69 Å². The van der Waals surface area contributed by atoms with Crippen molar-refractivity contribution in [2.24, 2.45) is 11.8 Å². The van der Waals surface area contributed by atoms with Crippen LogP contribution in [-0.4, -0.2) is 16.7 Å². The molecule has 1 fully saturated rings. The lowest BCUT2D eigenvalue weighted by molar-refractivity contribution is -0.384. The first-order valence-corrected chi connectivity index (χ1v) is 11.5. The van der Waals surface area contributed by atoms with Crippen molar-refractivity contribution in [3.63, 3.8) is 0 Å². The number of anilines is 1. The molecule has 0 saturated carbocycles. The Morgan fingerprint density at radius 3 is 1.64 bits per heavy atom. The van der Waals surface area contributed by atoms with E-state index in [2.05, 4.69) is 15.9 Å². The van der Waals surface area contributed by atoms with Gasteiger partial charge < -0.3 is 0 Å². The summed E-state index contributed by atoms with van der Waals surface area (Å²) in [6, 6.07) is 20.5. The maximum atomic E-state index is 14.0. The van der Waals surface area contributed by atoms with Crippen molar-refractivity contribution in [2.45, 2.75) is 24.7 Å². The van der Waals surface area contributed by atoms with E-state index in [1.54, 1.807) is 6.07 Å². The molecule has 3 aliphatic carbocycles. The van der Waals surface area contributed by atoms with Gasteiger partial charge in [-0.15, -0.1) is 0 Å². The Hall–Kier alpha value is -3.32. The molecule has 0 radical (unpaired) electrons. The van der Waals surface area contributed by atoms with Crippen LogP contribution >= 0.6 is 15.9 Å². The molecular weight excluding hydrogens is 484 g/mol. The minimum Gasteiger partial charge on any atom is -0.274 e. The van der Waals surface area contributed by atoms with Gasteiger partial charge in [0.2, 0.25) is 11.8 Å². The van der Waals surface area contributed by atoms with Gasteiger partial charge in [-0.1, -0.05) is 78.3 Å². The number of carbonyl (C=O) groups excluding carboxylic acids is 2. The summed E-state index contributed by atoms with van der Waals surface area (Å²) in [5, 5.41) is 11.8. The number of hydrogen-bond acceptors (Lipinski definition) is 4. The van der Waals surface area contributed by atoms with E-state index in [-0.39, 0.29) is 23.2 Å². The summed E-state index contributed by atoms with van der Waals surface area (Å²) in [4.78, 5) is 40.4. The smallest absolute Gasteiger partial charge is 0.274 e. The summed E-state index contributed by atoms with van der Waals surface area (Å²) in [7, 11) is 0. The van der Waals surface area contributed by atoms with Gasteiger partial charge in [-0.25, -0.2) is 4.90 Å². The normalized spacial score (nSPS) is 29.0. The number of carbonyl (C=O) groups is 2. The Bertz CT molecular complexity index is 1290. The van der Waals surface area contributed by atoms with E-state index < -0.39 is 27.6 Å². The summed E-state index contributed by atoms with van der Waals surface area (Å²) in [6.45, 7) is 4.07. The molecule has 3 aromatic rings. The first-order chi connectivity index (χ1) is 15.7. The van der Waals surface area contributed by atoms with Crippen LogP contribution in [0.1, 0.15) is 36.1 Å². The largest absolute Gasteiger partial charge is 0.294 e. The zero-order valence-corrected chi connectivity index (χ0v) is 19.5. The topological polar surface area (TPSA) is 80.5 Å². The molecule has 4 aliphatic rings. The predicted molar refractivity (Wildman–Crippen MR) is 126 cm³/mol. The van der Waals surface area contributed by atoms with Crippen molar-refractivity contribution in [3.05, 3.63) is 104 Å². The molecule has 1 heterocycles. The van der Waals surface area contributed by atoms with Crippen LogP contribution in [-0.2, 0) is 20.4 Å². The lowest BCUT2D eigenvalue weighted by Crippen LogP contribution is -2.59. The van der Waals surface area contributed by atoms with Crippen molar-refractivity contribution in [3.8, 4) is 0 Å². The van der Waals surface area contributed by atoms with E-state index in [1.165, 1.54) is 12.1 Å². The zero-order valence-electron chi connectivity index (χ0n) is 17.9. The van der Waals surface area contributed by atoms with E-state index in [0.29, 0.717) is 4.47 Å². The highest BCUT2D eigenvalue weighted by atomic mass is 79.9.